The average molecular weight is 858 g/mol. The van der Waals surface area contributed by atoms with Crippen LogP contribution < -0.4 is 19.3 Å². The molecule has 61 heavy (non-hydrogen) atoms. The number of anilines is 2. The second-order valence-corrected chi connectivity index (χ2v) is 18.0. The maximum atomic E-state index is 12.1. The van der Waals surface area contributed by atoms with Crippen LogP contribution in [0.1, 0.15) is 155 Å². The van der Waals surface area contributed by atoms with Crippen molar-refractivity contribution < 1.29 is 29.3 Å². The molecule has 1 aliphatic carbocycles. The van der Waals surface area contributed by atoms with Crippen molar-refractivity contribution in [3.8, 4) is 11.5 Å². The molecule has 0 saturated heterocycles. The highest BCUT2D eigenvalue weighted by Crippen LogP contribution is 2.56. The SMILES string of the molecule is CCCCC1(CCCC)/C(=C\C=C2/CC(CC)CC(/C=C/C3N(CCC(=O)O)c4ccc(OC)cc4C3(CCCC)CCCC)=C2Cl)N(CCC(=O)O)c2ccc(OC)cc21. The molecule has 2 unspecified atom stereocenters. The highest BCUT2D eigenvalue weighted by molar-refractivity contribution is 6.32. The predicted molar refractivity (Wildman–Crippen MR) is 252 cm³/mol. The van der Waals surface area contributed by atoms with Crippen LogP contribution in [0.3, 0.4) is 0 Å². The van der Waals surface area contributed by atoms with Gasteiger partial charge in [0, 0.05) is 46.0 Å². The monoisotopic (exact) mass is 857 g/mol. The first-order valence-electron chi connectivity index (χ1n) is 23.3. The first-order valence-corrected chi connectivity index (χ1v) is 23.7. The molecule has 2 aromatic rings. The van der Waals surface area contributed by atoms with Crippen LogP contribution in [0.25, 0.3) is 0 Å². The fraction of sp³-hybridized carbons (Fsp3) is 0.577. The van der Waals surface area contributed by atoms with Crippen molar-refractivity contribution in [1.29, 1.82) is 0 Å². The molecule has 0 bridgehead atoms. The number of unbranched alkanes of at least 4 members (excludes halogenated alkanes) is 4. The maximum absolute atomic E-state index is 12.1. The average Bonchev–Trinajstić information content (AvgIpc) is 3.67. The summed E-state index contributed by atoms with van der Waals surface area (Å²) in [5.41, 5.74) is 7.51. The zero-order valence-corrected chi connectivity index (χ0v) is 38.9. The molecular weight excluding hydrogens is 784 g/mol. The summed E-state index contributed by atoms with van der Waals surface area (Å²) in [5, 5.41) is 20.6. The van der Waals surface area contributed by atoms with E-state index in [-0.39, 0.29) is 29.7 Å². The molecule has 2 heterocycles. The summed E-state index contributed by atoms with van der Waals surface area (Å²) in [6.07, 6.45) is 24.4. The van der Waals surface area contributed by atoms with Crippen LogP contribution >= 0.6 is 11.6 Å². The van der Waals surface area contributed by atoms with Gasteiger partial charge in [0.25, 0.3) is 0 Å². The topological polar surface area (TPSA) is 99.5 Å². The molecule has 2 N–H and O–H groups in total. The quantitative estimate of drug-likeness (QED) is 0.108. The van der Waals surface area contributed by atoms with Gasteiger partial charge in [0.1, 0.15) is 11.5 Å². The number of carboxylic acids is 2. The molecule has 0 amide bonds. The van der Waals surface area contributed by atoms with Crippen molar-refractivity contribution in [2.45, 2.75) is 161 Å². The van der Waals surface area contributed by atoms with Crippen molar-refractivity contribution in [1.82, 2.24) is 0 Å². The molecule has 0 saturated carbocycles. The van der Waals surface area contributed by atoms with Crippen LogP contribution in [0.5, 0.6) is 11.5 Å². The van der Waals surface area contributed by atoms with E-state index in [9.17, 15) is 19.8 Å². The standard InChI is InChI=1S/C52H73ClN2O6/c1-8-13-27-51(28-14-9-2)42-35-40(60-6)19-21-44(42)54(31-25-48(56)57)46(51)23-17-38-33-37(12-5)34-39(50(38)53)18-24-47-52(29-15-10-3,30-16-11-4)43-36-41(61-7)20-22-45(43)55(47)32-26-49(58)59/h17-24,35-37,46H,8-16,25-34H2,1-7H3,(H,56,57)(H,58,59)/b23-17+,39-18+,47-24+. The lowest BCUT2D eigenvalue weighted by molar-refractivity contribution is -0.137. The Hall–Kier alpha value is -4.17. The Labute approximate surface area is 371 Å². The lowest BCUT2D eigenvalue weighted by Crippen LogP contribution is -2.44. The van der Waals surface area contributed by atoms with Crippen molar-refractivity contribution >= 4 is 34.9 Å². The second-order valence-electron chi connectivity index (χ2n) is 17.6. The summed E-state index contributed by atoms with van der Waals surface area (Å²) >= 11 is 7.57. The highest BCUT2D eigenvalue weighted by Gasteiger charge is 2.49. The molecule has 0 fully saturated rings. The van der Waals surface area contributed by atoms with Gasteiger partial charge in [-0.2, -0.15) is 0 Å². The largest absolute Gasteiger partial charge is 0.497 e. The number of methoxy groups -OCH3 is 2. The molecule has 0 spiro atoms. The van der Waals surface area contributed by atoms with E-state index < -0.39 is 11.9 Å². The van der Waals surface area contributed by atoms with Crippen molar-refractivity contribution in [3.05, 3.63) is 93.7 Å². The van der Waals surface area contributed by atoms with Gasteiger partial charge >= 0.3 is 11.9 Å². The van der Waals surface area contributed by atoms with Gasteiger partial charge in [0.15, 0.2) is 0 Å². The summed E-state index contributed by atoms with van der Waals surface area (Å²) in [6, 6.07) is 12.6. The number of halogens is 1. The molecule has 9 heteroatoms. The Morgan fingerprint density at radius 3 is 1.87 bits per heavy atom. The Balaban J connectivity index is 1.67. The van der Waals surface area contributed by atoms with Gasteiger partial charge in [-0.1, -0.05) is 122 Å². The summed E-state index contributed by atoms with van der Waals surface area (Å²) in [5.74, 6) is 0.430. The number of nitrogens with zero attached hydrogens (tertiary/aromatic N) is 2. The van der Waals surface area contributed by atoms with Crippen LogP contribution in [0.4, 0.5) is 11.4 Å². The van der Waals surface area contributed by atoms with Gasteiger partial charge in [-0.3, -0.25) is 9.59 Å². The Morgan fingerprint density at radius 1 is 0.754 bits per heavy atom. The van der Waals surface area contributed by atoms with Crippen LogP contribution in [-0.4, -0.2) is 55.5 Å². The van der Waals surface area contributed by atoms with Gasteiger partial charge < -0.3 is 29.5 Å². The smallest absolute Gasteiger partial charge is 0.305 e. The number of rotatable bonds is 24. The van der Waals surface area contributed by atoms with Crippen LogP contribution in [0.2, 0.25) is 0 Å². The van der Waals surface area contributed by atoms with E-state index in [1.165, 1.54) is 11.1 Å². The first kappa shape index (κ1) is 47.9. The van der Waals surface area contributed by atoms with Gasteiger partial charge in [-0.15, -0.1) is 0 Å². The normalized spacial score (nSPS) is 20.5. The minimum Gasteiger partial charge on any atom is -0.497 e. The van der Waals surface area contributed by atoms with Crippen molar-refractivity contribution in [2.24, 2.45) is 5.92 Å². The molecule has 3 aliphatic rings. The zero-order valence-electron chi connectivity index (χ0n) is 38.2. The Kier molecular flexibility index (Phi) is 17.5. The van der Waals surface area contributed by atoms with Gasteiger partial charge in [-0.05, 0) is 109 Å². The number of carboxylic acid groups (broad SMARTS) is 2. The third kappa shape index (κ3) is 10.6. The summed E-state index contributed by atoms with van der Waals surface area (Å²) in [7, 11) is 3.42. The molecule has 5 rings (SSSR count). The van der Waals surface area contributed by atoms with E-state index in [1.807, 2.05) is 12.1 Å². The number of aliphatic carboxylic acids is 2. The van der Waals surface area contributed by atoms with Gasteiger partial charge in [0.2, 0.25) is 0 Å². The highest BCUT2D eigenvalue weighted by atomic mass is 35.5. The van der Waals surface area contributed by atoms with Crippen molar-refractivity contribution in [2.75, 3.05) is 37.1 Å². The Morgan fingerprint density at radius 2 is 1.31 bits per heavy atom. The van der Waals surface area contributed by atoms with Crippen molar-refractivity contribution in [3.63, 3.8) is 0 Å². The lowest BCUT2D eigenvalue weighted by Gasteiger charge is -2.39. The van der Waals surface area contributed by atoms with E-state index >= 15 is 0 Å². The first-order chi connectivity index (χ1) is 29.5. The maximum Gasteiger partial charge on any atom is 0.305 e. The van der Waals surface area contributed by atoms with E-state index in [4.69, 9.17) is 21.1 Å². The van der Waals surface area contributed by atoms with E-state index in [0.29, 0.717) is 19.0 Å². The van der Waals surface area contributed by atoms with E-state index in [1.54, 1.807) is 14.2 Å². The zero-order chi connectivity index (χ0) is 44.2. The summed E-state index contributed by atoms with van der Waals surface area (Å²) < 4.78 is 11.6. The van der Waals surface area contributed by atoms with Gasteiger partial charge in [0.05, 0.1) is 33.1 Å². The minimum absolute atomic E-state index is 0.0316. The third-order valence-corrected chi connectivity index (χ3v) is 14.3. The molecule has 2 aliphatic heterocycles. The van der Waals surface area contributed by atoms with Gasteiger partial charge in [-0.25, -0.2) is 0 Å². The summed E-state index contributed by atoms with van der Waals surface area (Å²) in [6.45, 7) is 12.0. The van der Waals surface area contributed by atoms with Crippen LogP contribution in [0.15, 0.2) is 82.6 Å². The lowest BCUT2D eigenvalue weighted by atomic mass is 9.69. The van der Waals surface area contributed by atoms with E-state index in [2.05, 4.69) is 93.0 Å². The molecule has 2 atom stereocenters. The fourth-order valence-corrected chi connectivity index (χ4v) is 10.7. The predicted octanol–water partition coefficient (Wildman–Crippen LogP) is 13.3. The fourth-order valence-electron chi connectivity index (χ4n) is 10.5. The summed E-state index contributed by atoms with van der Waals surface area (Å²) in [4.78, 5) is 28.7. The number of allylic oxidation sites excluding steroid dienone is 7. The number of ether oxygens (including phenoxy) is 2. The second kappa shape index (κ2) is 22.3. The van der Waals surface area contributed by atoms with Crippen LogP contribution in [-0.2, 0) is 20.4 Å². The molecular formula is C52H73ClN2O6. The third-order valence-electron chi connectivity index (χ3n) is 13.8. The number of benzene rings is 2. The molecule has 2 aromatic carbocycles. The number of fused-ring (bicyclic) bond motifs is 2. The Bertz CT molecular complexity index is 1930. The molecule has 8 nitrogen and oxygen atoms in total. The minimum atomic E-state index is -0.813. The molecule has 334 valence electrons. The van der Waals surface area contributed by atoms with E-state index in [0.717, 1.165) is 141 Å². The van der Waals surface area contributed by atoms with Crippen LogP contribution in [0, 0.1) is 5.92 Å². The molecule has 0 aromatic heterocycles. The number of hydrogen-bond acceptors (Lipinski definition) is 6. The number of carbonyl (C=O) groups is 2. The number of hydrogen-bond donors (Lipinski definition) is 2. The molecule has 0 radical (unpaired) electrons.